The summed E-state index contributed by atoms with van der Waals surface area (Å²) in [4.78, 5) is 0. The highest BCUT2D eigenvalue weighted by Gasteiger charge is 2.35. The molecular formula is C7H12O2. The SMILES string of the molecule is C=C[C@]1(C)OCC[C@@H]1O. The van der Waals surface area contributed by atoms with Crippen molar-refractivity contribution in [2.75, 3.05) is 6.61 Å². The summed E-state index contributed by atoms with van der Waals surface area (Å²) in [5.74, 6) is 0. The molecule has 0 aromatic carbocycles. The summed E-state index contributed by atoms with van der Waals surface area (Å²) in [5, 5.41) is 9.25. The van der Waals surface area contributed by atoms with E-state index in [4.69, 9.17) is 4.74 Å². The molecule has 1 heterocycles. The van der Waals surface area contributed by atoms with Crippen LogP contribution in [-0.4, -0.2) is 23.4 Å². The maximum Gasteiger partial charge on any atom is 0.109 e. The maximum absolute atomic E-state index is 9.25. The number of rotatable bonds is 1. The molecule has 0 bridgehead atoms. The fourth-order valence-electron chi connectivity index (χ4n) is 0.968. The second-order valence-corrected chi connectivity index (χ2v) is 2.54. The minimum atomic E-state index is -0.486. The Hall–Kier alpha value is -0.340. The zero-order valence-corrected chi connectivity index (χ0v) is 5.63. The van der Waals surface area contributed by atoms with Crippen molar-refractivity contribution in [2.24, 2.45) is 0 Å². The topological polar surface area (TPSA) is 29.5 Å². The predicted molar refractivity (Wildman–Crippen MR) is 35.2 cm³/mol. The summed E-state index contributed by atoms with van der Waals surface area (Å²) < 4.78 is 5.23. The van der Waals surface area contributed by atoms with Crippen LogP contribution < -0.4 is 0 Å². The molecule has 2 heteroatoms. The third kappa shape index (κ3) is 1.00. The average Bonchev–Trinajstić information content (AvgIpc) is 2.15. The summed E-state index contributed by atoms with van der Waals surface area (Å²) in [5.41, 5.74) is -0.486. The number of hydrogen-bond acceptors (Lipinski definition) is 2. The molecule has 0 unspecified atom stereocenters. The fraction of sp³-hybridized carbons (Fsp3) is 0.714. The number of aliphatic hydroxyl groups excluding tert-OH is 1. The van der Waals surface area contributed by atoms with Gasteiger partial charge in [-0.15, -0.1) is 6.58 Å². The fourth-order valence-corrected chi connectivity index (χ4v) is 0.968. The summed E-state index contributed by atoms with van der Waals surface area (Å²) in [6.45, 7) is 6.07. The first-order valence-electron chi connectivity index (χ1n) is 3.14. The van der Waals surface area contributed by atoms with Gasteiger partial charge in [0.25, 0.3) is 0 Å². The molecule has 9 heavy (non-hydrogen) atoms. The lowest BCUT2D eigenvalue weighted by Crippen LogP contribution is -2.32. The Labute approximate surface area is 55.1 Å². The molecule has 0 spiro atoms. The minimum Gasteiger partial charge on any atom is -0.390 e. The normalized spacial score (nSPS) is 43.1. The van der Waals surface area contributed by atoms with Crippen molar-refractivity contribution < 1.29 is 9.84 Å². The van der Waals surface area contributed by atoms with Crippen molar-refractivity contribution in [1.29, 1.82) is 0 Å². The van der Waals surface area contributed by atoms with Crippen molar-refractivity contribution >= 4 is 0 Å². The summed E-state index contributed by atoms with van der Waals surface area (Å²) >= 11 is 0. The molecule has 1 fully saturated rings. The van der Waals surface area contributed by atoms with E-state index in [9.17, 15) is 5.11 Å². The number of aliphatic hydroxyl groups is 1. The maximum atomic E-state index is 9.25. The smallest absolute Gasteiger partial charge is 0.109 e. The molecule has 0 aromatic rings. The molecule has 1 aliphatic heterocycles. The molecule has 0 aromatic heterocycles. The molecule has 52 valence electrons. The van der Waals surface area contributed by atoms with Crippen molar-refractivity contribution in [2.45, 2.75) is 25.0 Å². The van der Waals surface area contributed by atoms with E-state index in [-0.39, 0.29) is 6.10 Å². The largest absolute Gasteiger partial charge is 0.390 e. The lowest BCUT2D eigenvalue weighted by molar-refractivity contribution is -0.00552. The highest BCUT2D eigenvalue weighted by atomic mass is 16.5. The minimum absolute atomic E-state index is 0.366. The third-order valence-electron chi connectivity index (χ3n) is 1.87. The Morgan fingerprint density at radius 1 is 1.89 bits per heavy atom. The molecule has 0 amide bonds. The van der Waals surface area contributed by atoms with Gasteiger partial charge in [-0.25, -0.2) is 0 Å². The quantitative estimate of drug-likeness (QED) is 0.527. The molecular weight excluding hydrogens is 116 g/mol. The van der Waals surface area contributed by atoms with Gasteiger partial charge in [0, 0.05) is 0 Å². The summed E-state index contributed by atoms with van der Waals surface area (Å²) in [7, 11) is 0. The Morgan fingerprint density at radius 3 is 2.78 bits per heavy atom. The first kappa shape index (κ1) is 6.78. The highest BCUT2D eigenvalue weighted by molar-refractivity contribution is 5.02. The Kier molecular flexibility index (Phi) is 1.60. The van der Waals surface area contributed by atoms with E-state index in [0.717, 1.165) is 6.42 Å². The molecule has 2 atom stereocenters. The first-order chi connectivity index (χ1) is 4.19. The zero-order chi connectivity index (χ0) is 6.91. The third-order valence-corrected chi connectivity index (χ3v) is 1.87. The zero-order valence-electron chi connectivity index (χ0n) is 5.63. The molecule has 0 saturated carbocycles. The van der Waals surface area contributed by atoms with Crippen LogP contribution in [0.5, 0.6) is 0 Å². The van der Waals surface area contributed by atoms with Crippen molar-refractivity contribution in [3.8, 4) is 0 Å². The predicted octanol–water partition coefficient (Wildman–Crippen LogP) is 0.712. The van der Waals surface area contributed by atoms with Gasteiger partial charge < -0.3 is 9.84 Å². The lowest BCUT2D eigenvalue weighted by Gasteiger charge is -2.21. The van der Waals surface area contributed by atoms with Crippen LogP contribution >= 0.6 is 0 Å². The van der Waals surface area contributed by atoms with E-state index >= 15 is 0 Å². The Morgan fingerprint density at radius 2 is 2.56 bits per heavy atom. The first-order valence-corrected chi connectivity index (χ1v) is 3.14. The molecule has 1 rings (SSSR count). The van der Waals surface area contributed by atoms with Crippen LogP contribution in [0, 0.1) is 0 Å². The average molecular weight is 128 g/mol. The van der Waals surface area contributed by atoms with E-state index in [0.29, 0.717) is 6.61 Å². The van der Waals surface area contributed by atoms with Crippen molar-refractivity contribution in [3.63, 3.8) is 0 Å². The highest BCUT2D eigenvalue weighted by Crippen LogP contribution is 2.25. The summed E-state index contributed by atoms with van der Waals surface area (Å²) in [6, 6.07) is 0. The molecule has 1 N–H and O–H groups in total. The van der Waals surface area contributed by atoms with Crippen LogP contribution in [0.4, 0.5) is 0 Å². The second-order valence-electron chi connectivity index (χ2n) is 2.54. The second kappa shape index (κ2) is 2.12. The van der Waals surface area contributed by atoms with Gasteiger partial charge in [0.15, 0.2) is 0 Å². The summed E-state index contributed by atoms with van der Waals surface area (Å²) in [6.07, 6.45) is 2.02. The molecule has 0 aliphatic carbocycles. The van der Waals surface area contributed by atoms with Gasteiger partial charge in [-0.1, -0.05) is 6.08 Å². The van der Waals surface area contributed by atoms with Gasteiger partial charge in [-0.2, -0.15) is 0 Å². The van der Waals surface area contributed by atoms with Gasteiger partial charge in [0.05, 0.1) is 12.7 Å². The Bertz CT molecular complexity index is 122. The van der Waals surface area contributed by atoms with E-state index in [1.807, 2.05) is 6.92 Å². The molecule has 2 nitrogen and oxygen atoms in total. The lowest BCUT2D eigenvalue weighted by atomic mass is 10.0. The standard InChI is InChI=1S/C7H12O2/c1-3-7(2)6(8)4-5-9-7/h3,6,8H,1,4-5H2,2H3/t6-,7-/m0/s1. The van der Waals surface area contributed by atoms with Crippen LogP contribution in [0.25, 0.3) is 0 Å². The van der Waals surface area contributed by atoms with Crippen LogP contribution in [0.3, 0.4) is 0 Å². The van der Waals surface area contributed by atoms with Gasteiger partial charge in [-0.3, -0.25) is 0 Å². The van der Waals surface area contributed by atoms with E-state index in [1.54, 1.807) is 6.08 Å². The van der Waals surface area contributed by atoms with E-state index < -0.39 is 5.60 Å². The van der Waals surface area contributed by atoms with Gasteiger partial charge >= 0.3 is 0 Å². The van der Waals surface area contributed by atoms with Crippen LogP contribution in [0.15, 0.2) is 12.7 Å². The van der Waals surface area contributed by atoms with Crippen molar-refractivity contribution in [1.82, 2.24) is 0 Å². The number of hydrogen-bond donors (Lipinski definition) is 1. The number of ether oxygens (including phenoxy) is 1. The van der Waals surface area contributed by atoms with Crippen LogP contribution in [0.1, 0.15) is 13.3 Å². The molecule has 0 radical (unpaired) electrons. The van der Waals surface area contributed by atoms with Gasteiger partial charge in [0.2, 0.25) is 0 Å². The van der Waals surface area contributed by atoms with E-state index in [1.165, 1.54) is 0 Å². The molecule has 1 saturated heterocycles. The van der Waals surface area contributed by atoms with E-state index in [2.05, 4.69) is 6.58 Å². The van der Waals surface area contributed by atoms with Gasteiger partial charge in [-0.05, 0) is 13.3 Å². The van der Waals surface area contributed by atoms with Crippen molar-refractivity contribution in [3.05, 3.63) is 12.7 Å². The van der Waals surface area contributed by atoms with Gasteiger partial charge in [0.1, 0.15) is 5.60 Å². The van der Waals surface area contributed by atoms with Crippen LogP contribution in [0.2, 0.25) is 0 Å². The molecule has 1 aliphatic rings. The van der Waals surface area contributed by atoms with Crippen LogP contribution in [-0.2, 0) is 4.74 Å². The monoisotopic (exact) mass is 128 g/mol. The Balaban J connectivity index is 2.66.